The first-order chi connectivity index (χ1) is 10.5. The van der Waals surface area contributed by atoms with Crippen LogP contribution in [0.15, 0.2) is 10.6 Å². The summed E-state index contributed by atoms with van der Waals surface area (Å²) in [5.74, 6) is 1.11. The Hall–Kier alpha value is -2.09. The number of aromatic nitrogens is 1. The fraction of sp³-hybridized carbons (Fsp3) is 0.643. The Labute approximate surface area is 127 Å². The first-order valence-electron chi connectivity index (χ1n) is 7.48. The van der Waals surface area contributed by atoms with Crippen molar-refractivity contribution in [3.8, 4) is 0 Å². The van der Waals surface area contributed by atoms with E-state index in [0.717, 1.165) is 25.9 Å². The molecular formula is C14H20N4O4. The number of fused-ring (bicyclic) bond motifs is 1. The molecule has 2 aliphatic rings. The number of amides is 2. The summed E-state index contributed by atoms with van der Waals surface area (Å²) in [5, 5.41) is 9.24. The van der Waals surface area contributed by atoms with Crippen LogP contribution in [0.2, 0.25) is 0 Å². The van der Waals surface area contributed by atoms with Crippen molar-refractivity contribution < 1.29 is 18.8 Å². The van der Waals surface area contributed by atoms with Crippen molar-refractivity contribution in [1.82, 2.24) is 10.5 Å². The third kappa shape index (κ3) is 3.06. The molecule has 1 aliphatic carbocycles. The lowest BCUT2D eigenvalue weighted by Gasteiger charge is -2.20. The van der Waals surface area contributed by atoms with Crippen molar-refractivity contribution in [3.05, 3.63) is 11.8 Å². The van der Waals surface area contributed by atoms with Gasteiger partial charge >= 0.3 is 6.09 Å². The van der Waals surface area contributed by atoms with E-state index in [9.17, 15) is 9.59 Å². The Kier molecular flexibility index (Phi) is 4.02. The molecule has 1 aliphatic heterocycles. The van der Waals surface area contributed by atoms with Crippen LogP contribution >= 0.6 is 0 Å². The summed E-state index contributed by atoms with van der Waals surface area (Å²) < 4.78 is 10.2. The fourth-order valence-electron chi connectivity index (χ4n) is 3.44. The van der Waals surface area contributed by atoms with E-state index < -0.39 is 12.0 Å². The third-order valence-electron chi connectivity index (χ3n) is 4.64. The van der Waals surface area contributed by atoms with Crippen molar-refractivity contribution >= 4 is 17.9 Å². The van der Waals surface area contributed by atoms with Crippen molar-refractivity contribution in [2.45, 2.75) is 25.9 Å². The lowest BCUT2D eigenvalue weighted by atomic mass is 10.00. The molecule has 120 valence electrons. The van der Waals surface area contributed by atoms with Crippen LogP contribution in [0.5, 0.6) is 0 Å². The lowest BCUT2D eigenvalue weighted by Crippen LogP contribution is -2.26. The lowest BCUT2D eigenvalue weighted by molar-refractivity contribution is 0.0822. The molecule has 1 aromatic rings. The van der Waals surface area contributed by atoms with Crippen molar-refractivity contribution in [1.29, 1.82) is 0 Å². The van der Waals surface area contributed by atoms with Crippen molar-refractivity contribution in [2.75, 3.05) is 18.4 Å². The van der Waals surface area contributed by atoms with Gasteiger partial charge in [-0.1, -0.05) is 5.16 Å². The SMILES string of the molecule is CC(OC(=O)Nc1cc(C(N)=O)no1)C1CC2CNCC2C1. The quantitative estimate of drug-likeness (QED) is 0.762. The Balaban J connectivity index is 1.49. The van der Waals surface area contributed by atoms with E-state index in [1.165, 1.54) is 6.07 Å². The predicted octanol–water partition coefficient (Wildman–Crippen LogP) is 0.956. The standard InChI is InChI=1S/C14H20N4O4/c1-7(8-2-9-5-16-6-10(9)3-8)21-14(20)17-12-4-11(13(15)19)18-22-12/h4,7-10,16H,2-3,5-6H2,1H3,(H2,15,19)(H,17,20). The summed E-state index contributed by atoms with van der Waals surface area (Å²) in [6.45, 7) is 4.04. The van der Waals surface area contributed by atoms with Crippen LogP contribution in [0, 0.1) is 17.8 Å². The zero-order valence-corrected chi connectivity index (χ0v) is 12.4. The maximum absolute atomic E-state index is 11.9. The van der Waals surface area contributed by atoms with Gasteiger partial charge in [-0.25, -0.2) is 4.79 Å². The largest absolute Gasteiger partial charge is 0.446 e. The Morgan fingerprint density at radius 3 is 2.73 bits per heavy atom. The van der Waals surface area contributed by atoms with Gasteiger partial charge in [-0.05, 0) is 50.6 Å². The molecule has 0 spiro atoms. The smallest absolute Gasteiger partial charge is 0.414 e. The molecule has 3 unspecified atom stereocenters. The molecule has 4 N–H and O–H groups in total. The van der Waals surface area contributed by atoms with Crippen LogP contribution in [0.25, 0.3) is 0 Å². The van der Waals surface area contributed by atoms with E-state index in [-0.39, 0.29) is 17.7 Å². The van der Waals surface area contributed by atoms with Gasteiger partial charge in [0.25, 0.3) is 5.91 Å². The Morgan fingerprint density at radius 1 is 1.45 bits per heavy atom. The highest BCUT2D eigenvalue weighted by Crippen LogP contribution is 2.40. The summed E-state index contributed by atoms with van der Waals surface area (Å²) in [5.41, 5.74) is 5.01. The van der Waals surface area contributed by atoms with Gasteiger partial charge in [-0.15, -0.1) is 0 Å². The number of anilines is 1. The van der Waals surface area contributed by atoms with Crippen LogP contribution in [0.4, 0.5) is 10.7 Å². The molecule has 22 heavy (non-hydrogen) atoms. The van der Waals surface area contributed by atoms with Crippen LogP contribution < -0.4 is 16.4 Å². The zero-order chi connectivity index (χ0) is 15.7. The highest BCUT2D eigenvalue weighted by atomic mass is 16.6. The van der Waals surface area contributed by atoms with Crippen LogP contribution in [-0.2, 0) is 4.74 Å². The van der Waals surface area contributed by atoms with Crippen LogP contribution in [0.1, 0.15) is 30.3 Å². The molecule has 2 amide bonds. The molecule has 2 heterocycles. The summed E-state index contributed by atoms with van der Waals surface area (Å²) >= 11 is 0. The minimum absolute atomic E-state index is 0.0403. The molecule has 3 rings (SSSR count). The second kappa shape index (κ2) is 5.96. The third-order valence-corrected chi connectivity index (χ3v) is 4.64. The molecule has 3 atom stereocenters. The molecule has 0 aromatic carbocycles. The molecule has 8 heteroatoms. The topological polar surface area (TPSA) is 119 Å². The van der Waals surface area contributed by atoms with E-state index in [1.54, 1.807) is 0 Å². The Morgan fingerprint density at radius 2 is 2.14 bits per heavy atom. The van der Waals surface area contributed by atoms with Crippen molar-refractivity contribution in [3.63, 3.8) is 0 Å². The van der Waals surface area contributed by atoms with E-state index in [1.807, 2.05) is 6.92 Å². The highest BCUT2D eigenvalue weighted by molar-refractivity contribution is 5.92. The second-order valence-electron chi connectivity index (χ2n) is 6.09. The zero-order valence-electron chi connectivity index (χ0n) is 12.4. The normalized spacial score (nSPS) is 28.1. The first kappa shape index (κ1) is 14.8. The van der Waals surface area contributed by atoms with Gasteiger partial charge in [0.15, 0.2) is 5.69 Å². The molecule has 2 fully saturated rings. The number of nitrogens with two attached hydrogens (primary N) is 1. The number of nitrogens with one attached hydrogen (secondary N) is 2. The number of hydrogen-bond donors (Lipinski definition) is 3. The van der Waals surface area contributed by atoms with E-state index in [0.29, 0.717) is 17.8 Å². The number of nitrogens with zero attached hydrogens (tertiary/aromatic N) is 1. The molecular weight excluding hydrogens is 288 g/mol. The minimum Gasteiger partial charge on any atom is -0.446 e. The summed E-state index contributed by atoms with van der Waals surface area (Å²) in [4.78, 5) is 22.8. The molecule has 0 bridgehead atoms. The van der Waals surface area contributed by atoms with Crippen LogP contribution in [0.3, 0.4) is 0 Å². The van der Waals surface area contributed by atoms with E-state index >= 15 is 0 Å². The monoisotopic (exact) mass is 308 g/mol. The number of hydrogen-bond acceptors (Lipinski definition) is 6. The number of primary amides is 1. The Bertz CT molecular complexity index is 561. The van der Waals surface area contributed by atoms with Gasteiger partial charge in [-0.2, -0.15) is 0 Å². The van der Waals surface area contributed by atoms with Gasteiger partial charge in [0, 0.05) is 6.07 Å². The maximum atomic E-state index is 11.9. The molecule has 1 saturated heterocycles. The minimum atomic E-state index is -0.718. The average Bonchev–Trinajstić information content (AvgIpc) is 3.12. The summed E-state index contributed by atoms with van der Waals surface area (Å²) in [6.07, 6.45) is 1.39. The van der Waals surface area contributed by atoms with E-state index in [2.05, 4.69) is 15.8 Å². The number of carbonyl (C=O) groups is 2. The summed E-state index contributed by atoms with van der Waals surface area (Å²) in [6, 6.07) is 1.26. The number of carbonyl (C=O) groups excluding carboxylic acids is 2. The maximum Gasteiger partial charge on any atom is 0.414 e. The molecule has 0 radical (unpaired) electrons. The van der Waals surface area contributed by atoms with Gasteiger partial charge in [0.05, 0.1) is 0 Å². The molecule has 1 saturated carbocycles. The van der Waals surface area contributed by atoms with Gasteiger partial charge in [-0.3, -0.25) is 10.1 Å². The summed E-state index contributed by atoms with van der Waals surface area (Å²) in [7, 11) is 0. The van der Waals surface area contributed by atoms with E-state index in [4.69, 9.17) is 15.0 Å². The number of ether oxygens (including phenoxy) is 1. The van der Waals surface area contributed by atoms with Gasteiger partial charge < -0.3 is 20.3 Å². The van der Waals surface area contributed by atoms with Crippen LogP contribution in [-0.4, -0.2) is 36.4 Å². The second-order valence-corrected chi connectivity index (χ2v) is 6.09. The fourth-order valence-corrected chi connectivity index (χ4v) is 3.44. The predicted molar refractivity (Wildman–Crippen MR) is 77.2 cm³/mol. The molecule has 1 aromatic heterocycles. The average molecular weight is 308 g/mol. The first-order valence-corrected chi connectivity index (χ1v) is 7.48. The molecule has 8 nitrogen and oxygen atoms in total. The van der Waals surface area contributed by atoms with Gasteiger partial charge in [0.1, 0.15) is 6.10 Å². The highest BCUT2D eigenvalue weighted by Gasteiger charge is 2.40. The van der Waals surface area contributed by atoms with Crippen molar-refractivity contribution in [2.24, 2.45) is 23.5 Å². The van der Waals surface area contributed by atoms with Gasteiger partial charge in [0.2, 0.25) is 5.88 Å². The number of rotatable bonds is 4.